The summed E-state index contributed by atoms with van der Waals surface area (Å²) in [6.07, 6.45) is -6.38. The monoisotopic (exact) mass is 774 g/mol. The first-order valence-corrected chi connectivity index (χ1v) is 18.8. The van der Waals surface area contributed by atoms with Crippen LogP contribution in [0.2, 0.25) is 0 Å². The Kier molecular flexibility index (Phi) is 10.2. The molecule has 0 radical (unpaired) electrons. The molecule has 2 fully saturated rings. The van der Waals surface area contributed by atoms with Crippen molar-refractivity contribution in [2.24, 2.45) is 0 Å². The summed E-state index contributed by atoms with van der Waals surface area (Å²) in [5.41, 5.74) is -3.47. The highest BCUT2D eigenvalue weighted by molar-refractivity contribution is 8.00. The molecule has 2 aliphatic heterocycles. The second-order valence-corrected chi connectivity index (χ2v) is 15.5. The molecule has 2 unspecified atom stereocenters. The molecule has 288 valence electrons. The quantitative estimate of drug-likeness (QED) is 0.105. The number of nitrogens with zero attached hydrogens (tertiary/aromatic N) is 1. The standard InChI is InChI=1S/C39H38N2O13S/c1-3-55-25-13-27(44)41(38(25)51)19-8-6-7-18(11-19)37(50)40-23-12-28(53-17(2)32(23)45)54-24-15-39(52,26(43)16-42)14-22-29(24)36(49)31-30(35(22)48)33(46)20-9-4-5-10-21(20)34(31)47/h4-11,17,23-25,28,32,42,45,48-49,52H,3,12-16H2,1-2H3,(H,40,50)/t17-,23-,24-,25?,28?,32+,39-/m0/s1. The molecule has 2 saturated heterocycles. The Morgan fingerprint density at radius 1 is 1.02 bits per heavy atom. The van der Waals surface area contributed by atoms with Gasteiger partial charge in [-0.3, -0.25) is 28.8 Å². The average Bonchev–Trinajstić information content (AvgIpc) is 3.45. The molecular formula is C39H38N2O13S. The number of hydrogen-bond acceptors (Lipinski definition) is 14. The topological polar surface area (TPSA) is 237 Å². The first-order chi connectivity index (χ1) is 26.2. The van der Waals surface area contributed by atoms with Gasteiger partial charge in [-0.05, 0) is 30.9 Å². The molecule has 15 nitrogen and oxygen atoms in total. The number of ether oxygens (including phenoxy) is 2. The predicted molar refractivity (Wildman–Crippen MR) is 194 cm³/mol. The van der Waals surface area contributed by atoms with Gasteiger partial charge in [0.1, 0.15) is 29.8 Å². The van der Waals surface area contributed by atoms with Crippen LogP contribution in [0, 0.1) is 0 Å². The Balaban J connectivity index is 1.18. The molecule has 3 aromatic rings. The van der Waals surface area contributed by atoms with E-state index >= 15 is 0 Å². The van der Waals surface area contributed by atoms with Crippen LogP contribution in [0.15, 0.2) is 48.5 Å². The van der Waals surface area contributed by atoms with Crippen molar-refractivity contribution in [3.63, 3.8) is 0 Å². The van der Waals surface area contributed by atoms with Crippen molar-refractivity contribution in [3.8, 4) is 11.5 Å². The Bertz CT molecular complexity index is 2160. The molecule has 2 heterocycles. The number of carbonyl (C=O) groups is 6. The van der Waals surface area contributed by atoms with Gasteiger partial charge >= 0.3 is 0 Å². The predicted octanol–water partition coefficient (Wildman–Crippen LogP) is 1.85. The molecule has 0 bridgehead atoms. The first kappa shape index (κ1) is 38.3. The number of benzene rings is 3. The lowest BCUT2D eigenvalue weighted by Gasteiger charge is -2.43. The molecular weight excluding hydrogens is 736 g/mol. The fourth-order valence-corrected chi connectivity index (χ4v) is 8.78. The number of Topliss-reactive ketones (excluding diaryl/α,β-unsaturated/α-hetero) is 1. The second-order valence-electron chi connectivity index (χ2n) is 14.0. The summed E-state index contributed by atoms with van der Waals surface area (Å²) >= 11 is 1.36. The summed E-state index contributed by atoms with van der Waals surface area (Å²) in [6, 6.07) is 10.8. The molecule has 2 aliphatic carbocycles. The molecule has 3 aromatic carbocycles. The van der Waals surface area contributed by atoms with Gasteiger partial charge in [-0.2, -0.15) is 0 Å². The van der Waals surface area contributed by atoms with Crippen LogP contribution in [0.4, 0.5) is 5.69 Å². The zero-order valence-electron chi connectivity index (χ0n) is 29.7. The van der Waals surface area contributed by atoms with Crippen LogP contribution in [0.1, 0.15) is 92.5 Å². The number of rotatable bonds is 9. The van der Waals surface area contributed by atoms with Crippen molar-refractivity contribution in [2.75, 3.05) is 17.3 Å². The molecule has 7 rings (SSSR count). The van der Waals surface area contributed by atoms with E-state index < -0.39 is 107 Å². The fraction of sp³-hybridized carbons (Fsp3) is 0.385. The number of anilines is 1. The SMILES string of the molecule is CCSC1CC(=O)N(c2cccc(C(=O)N[C@H]3CC(O[C@H]4C[C@](O)(C(=O)CO)Cc5c(O)c6c(c(O)c54)C(=O)c4ccccc4C6=O)O[C@@H](C)[C@H]3O)c2)C1=O. The minimum atomic E-state index is -2.35. The lowest BCUT2D eigenvalue weighted by atomic mass is 9.72. The van der Waals surface area contributed by atoms with Gasteiger partial charge in [0.05, 0.1) is 40.3 Å². The number of carbonyl (C=O) groups excluding carboxylic acids is 6. The van der Waals surface area contributed by atoms with E-state index in [1.165, 1.54) is 67.2 Å². The molecule has 7 atom stereocenters. The maximum atomic E-state index is 13.7. The summed E-state index contributed by atoms with van der Waals surface area (Å²) in [5, 5.41) is 57.8. The van der Waals surface area contributed by atoms with Crippen LogP contribution in [0.5, 0.6) is 11.5 Å². The lowest BCUT2D eigenvalue weighted by Crippen LogP contribution is -2.55. The lowest BCUT2D eigenvalue weighted by molar-refractivity contribution is -0.249. The molecule has 55 heavy (non-hydrogen) atoms. The maximum Gasteiger partial charge on any atom is 0.251 e. The molecule has 0 spiro atoms. The number of aromatic hydroxyl groups is 2. The largest absolute Gasteiger partial charge is 0.507 e. The van der Waals surface area contributed by atoms with Crippen molar-refractivity contribution in [1.29, 1.82) is 0 Å². The van der Waals surface area contributed by atoms with Crippen LogP contribution in [-0.4, -0.2) is 108 Å². The van der Waals surface area contributed by atoms with Crippen molar-refractivity contribution in [3.05, 3.63) is 87.5 Å². The van der Waals surface area contributed by atoms with Crippen LogP contribution in [-0.2, 0) is 30.3 Å². The number of phenols is 2. The Hall–Kier alpha value is -4.97. The van der Waals surface area contributed by atoms with E-state index in [9.17, 15) is 54.3 Å². The summed E-state index contributed by atoms with van der Waals surface area (Å²) < 4.78 is 12.2. The number of aliphatic hydroxyl groups excluding tert-OH is 2. The van der Waals surface area contributed by atoms with E-state index in [0.29, 0.717) is 5.75 Å². The number of amides is 3. The van der Waals surface area contributed by atoms with Crippen molar-refractivity contribution in [1.82, 2.24) is 5.32 Å². The Labute approximate surface area is 318 Å². The number of fused-ring (bicyclic) bond motifs is 3. The van der Waals surface area contributed by atoms with Crippen LogP contribution in [0.25, 0.3) is 0 Å². The van der Waals surface area contributed by atoms with Gasteiger partial charge in [-0.1, -0.05) is 37.3 Å². The van der Waals surface area contributed by atoms with Gasteiger partial charge < -0.3 is 40.3 Å². The maximum absolute atomic E-state index is 13.7. The van der Waals surface area contributed by atoms with E-state index in [4.69, 9.17) is 9.47 Å². The summed E-state index contributed by atoms with van der Waals surface area (Å²) in [7, 11) is 0. The average molecular weight is 775 g/mol. The van der Waals surface area contributed by atoms with Crippen molar-refractivity contribution in [2.45, 2.75) is 81.0 Å². The summed E-state index contributed by atoms with van der Waals surface area (Å²) in [4.78, 5) is 80.5. The molecule has 6 N–H and O–H groups in total. The van der Waals surface area contributed by atoms with Crippen LogP contribution < -0.4 is 10.2 Å². The van der Waals surface area contributed by atoms with Crippen molar-refractivity contribution < 1.29 is 63.8 Å². The fourth-order valence-electron chi connectivity index (χ4n) is 7.87. The number of aliphatic hydroxyl groups is 3. The van der Waals surface area contributed by atoms with Gasteiger partial charge in [-0.25, -0.2) is 4.90 Å². The minimum absolute atomic E-state index is 0.00393. The number of nitrogens with one attached hydrogen (secondary N) is 1. The van der Waals surface area contributed by atoms with Gasteiger partial charge in [0.25, 0.3) is 5.91 Å². The Morgan fingerprint density at radius 2 is 1.69 bits per heavy atom. The summed E-state index contributed by atoms with van der Waals surface area (Å²) in [5.74, 6) is -4.76. The number of ketones is 3. The highest BCUT2D eigenvalue weighted by atomic mass is 32.2. The number of hydrogen-bond donors (Lipinski definition) is 6. The smallest absolute Gasteiger partial charge is 0.251 e. The third-order valence-corrected chi connectivity index (χ3v) is 11.7. The normalized spacial score (nSPS) is 27.4. The van der Waals surface area contributed by atoms with E-state index in [-0.39, 0.29) is 58.2 Å². The second kappa shape index (κ2) is 14.6. The van der Waals surface area contributed by atoms with E-state index in [2.05, 4.69) is 5.32 Å². The van der Waals surface area contributed by atoms with E-state index in [1.807, 2.05) is 6.92 Å². The van der Waals surface area contributed by atoms with Crippen LogP contribution in [0.3, 0.4) is 0 Å². The Morgan fingerprint density at radius 3 is 2.35 bits per heavy atom. The number of imide groups is 1. The minimum Gasteiger partial charge on any atom is -0.507 e. The molecule has 4 aliphatic rings. The highest BCUT2D eigenvalue weighted by Crippen LogP contribution is 2.52. The molecule has 0 saturated carbocycles. The van der Waals surface area contributed by atoms with E-state index in [0.717, 1.165) is 4.90 Å². The van der Waals surface area contributed by atoms with Gasteiger partial charge in [0.2, 0.25) is 11.8 Å². The zero-order chi connectivity index (χ0) is 39.5. The third kappa shape index (κ3) is 6.51. The summed E-state index contributed by atoms with van der Waals surface area (Å²) in [6.45, 7) is 2.31. The molecule has 3 amide bonds. The molecule has 0 aromatic heterocycles. The van der Waals surface area contributed by atoms with E-state index in [1.54, 1.807) is 0 Å². The first-order valence-electron chi connectivity index (χ1n) is 17.7. The molecule has 16 heteroatoms. The van der Waals surface area contributed by atoms with Gasteiger partial charge in [-0.15, -0.1) is 11.8 Å². The highest BCUT2D eigenvalue weighted by Gasteiger charge is 2.50. The number of phenolic OH excluding ortho intramolecular Hbond substituents is 2. The zero-order valence-corrected chi connectivity index (χ0v) is 30.5. The van der Waals surface area contributed by atoms with Crippen molar-refractivity contribution >= 4 is 52.5 Å². The number of thioether (sulfide) groups is 1. The van der Waals surface area contributed by atoms with Gasteiger partial charge in [0.15, 0.2) is 23.6 Å². The van der Waals surface area contributed by atoms with Gasteiger partial charge in [0, 0.05) is 53.5 Å². The van der Waals surface area contributed by atoms with Crippen LogP contribution >= 0.6 is 11.8 Å². The third-order valence-electron chi connectivity index (χ3n) is 10.6.